The third kappa shape index (κ3) is 9.35. The summed E-state index contributed by atoms with van der Waals surface area (Å²) in [4.78, 5) is 10.4. The molecule has 0 rings (SSSR count). The van der Waals surface area contributed by atoms with E-state index in [1.54, 1.807) is 0 Å². The molecule has 13 heavy (non-hydrogen) atoms. The molecule has 0 saturated heterocycles. The standard InChI is InChI=1S/C11H17ClO/c1-9(2)5-4-6-10(3)7-8-11(12)13/h5,7H,4,6,8H2,1-3H3/b10-7+. The summed E-state index contributed by atoms with van der Waals surface area (Å²) in [7, 11) is 0. The molecule has 0 aromatic heterocycles. The Labute approximate surface area is 85.5 Å². The molecule has 74 valence electrons. The van der Waals surface area contributed by atoms with Gasteiger partial charge >= 0.3 is 0 Å². The molecule has 1 nitrogen and oxygen atoms in total. The Morgan fingerprint density at radius 3 is 2.31 bits per heavy atom. The molecular weight excluding hydrogens is 184 g/mol. The number of hydrogen-bond acceptors (Lipinski definition) is 1. The van der Waals surface area contributed by atoms with Crippen LogP contribution >= 0.6 is 11.6 Å². The van der Waals surface area contributed by atoms with Crippen LogP contribution in [0, 0.1) is 0 Å². The fraction of sp³-hybridized carbons (Fsp3) is 0.545. The van der Waals surface area contributed by atoms with Crippen LogP contribution < -0.4 is 0 Å². The van der Waals surface area contributed by atoms with E-state index in [0.717, 1.165) is 12.8 Å². The Kier molecular flexibility index (Phi) is 6.61. The van der Waals surface area contributed by atoms with Crippen LogP contribution in [0.15, 0.2) is 23.3 Å². The van der Waals surface area contributed by atoms with E-state index >= 15 is 0 Å². The van der Waals surface area contributed by atoms with Crippen molar-refractivity contribution in [1.82, 2.24) is 0 Å². The van der Waals surface area contributed by atoms with E-state index in [-0.39, 0.29) is 5.24 Å². The van der Waals surface area contributed by atoms with Gasteiger partial charge in [0.05, 0.1) is 0 Å². The quantitative estimate of drug-likeness (QED) is 0.487. The zero-order valence-corrected chi connectivity index (χ0v) is 9.32. The fourth-order valence-corrected chi connectivity index (χ4v) is 1.02. The summed E-state index contributed by atoms with van der Waals surface area (Å²) >= 11 is 5.21. The molecule has 0 N–H and O–H groups in total. The lowest BCUT2D eigenvalue weighted by Gasteiger charge is -1.97. The number of halogens is 1. The molecule has 0 radical (unpaired) electrons. The minimum atomic E-state index is -0.290. The van der Waals surface area contributed by atoms with E-state index in [0.29, 0.717) is 6.42 Å². The first-order valence-electron chi connectivity index (χ1n) is 4.49. The molecule has 0 unspecified atom stereocenters. The molecule has 0 heterocycles. The van der Waals surface area contributed by atoms with Crippen LogP contribution in [0.1, 0.15) is 40.0 Å². The number of allylic oxidation sites excluding steroid dienone is 4. The molecule has 2 heteroatoms. The highest BCUT2D eigenvalue weighted by atomic mass is 35.5. The Morgan fingerprint density at radius 2 is 1.85 bits per heavy atom. The fourth-order valence-electron chi connectivity index (χ4n) is 0.945. The number of rotatable bonds is 5. The Balaban J connectivity index is 3.73. The zero-order chi connectivity index (χ0) is 10.3. The van der Waals surface area contributed by atoms with Gasteiger partial charge in [0.15, 0.2) is 0 Å². The number of carbonyl (C=O) groups is 1. The van der Waals surface area contributed by atoms with Crippen molar-refractivity contribution in [1.29, 1.82) is 0 Å². The first kappa shape index (κ1) is 12.4. The topological polar surface area (TPSA) is 17.1 Å². The highest BCUT2D eigenvalue weighted by molar-refractivity contribution is 6.63. The first-order chi connectivity index (χ1) is 6.02. The third-order valence-electron chi connectivity index (χ3n) is 1.70. The van der Waals surface area contributed by atoms with Crippen molar-refractivity contribution in [2.24, 2.45) is 0 Å². The maximum absolute atomic E-state index is 10.4. The molecule has 0 aromatic rings. The Hall–Kier alpha value is -0.560. The predicted molar refractivity (Wildman–Crippen MR) is 57.9 cm³/mol. The van der Waals surface area contributed by atoms with E-state index in [4.69, 9.17) is 11.6 Å². The second-order valence-corrected chi connectivity index (χ2v) is 3.85. The van der Waals surface area contributed by atoms with E-state index in [1.807, 2.05) is 13.0 Å². The molecule has 0 atom stereocenters. The van der Waals surface area contributed by atoms with Crippen LogP contribution in [0.3, 0.4) is 0 Å². The molecule has 0 bridgehead atoms. The molecule has 0 aromatic carbocycles. The van der Waals surface area contributed by atoms with Gasteiger partial charge in [-0.25, -0.2) is 0 Å². The highest BCUT2D eigenvalue weighted by Gasteiger charge is 1.93. The summed E-state index contributed by atoms with van der Waals surface area (Å²) in [5.41, 5.74) is 2.56. The minimum Gasteiger partial charge on any atom is -0.281 e. The van der Waals surface area contributed by atoms with Crippen molar-refractivity contribution in [2.45, 2.75) is 40.0 Å². The molecule has 0 fully saturated rings. The lowest BCUT2D eigenvalue weighted by atomic mass is 10.1. The van der Waals surface area contributed by atoms with Gasteiger partial charge in [-0.2, -0.15) is 0 Å². The maximum Gasteiger partial charge on any atom is 0.225 e. The molecular formula is C11H17ClO. The van der Waals surface area contributed by atoms with Crippen LogP contribution in [0.5, 0.6) is 0 Å². The monoisotopic (exact) mass is 200 g/mol. The van der Waals surface area contributed by atoms with Crippen molar-refractivity contribution < 1.29 is 4.79 Å². The average molecular weight is 201 g/mol. The Morgan fingerprint density at radius 1 is 1.23 bits per heavy atom. The van der Waals surface area contributed by atoms with Gasteiger partial charge in [-0.05, 0) is 45.2 Å². The molecule has 0 aliphatic rings. The molecule has 0 aliphatic carbocycles. The van der Waals surface area contributed by atoms with Gasteiger partial charge in [0.2, 0.25) is 5.24 Å². The summed E-state index contributed by atoms with van der Waals surface area (Å²) < 4.78 is 0. The van der Waals surface area contributed by atoms with Crippen LogP contribution in [0.2, 0.25) is 0 Å². The van der Waals surface area contributed by atoms with Gasteiger partial charge in [0.25, 0.3) is 0 Å². The van der Waals surface area contributed by atoms with Crippen LogP contribution in [-0.4, -0.2) is 5.24 Å². The van der Waals surface area contributed by atoms with Crippen LogP contribution in [0.25, 0.3) is 0 Å². The van der Waals surface area contributed by atoms with E-state index < -0.39 is 0 Å². The van der Waals surface area contributed by atoms with Gasteiger partial charge in [-0.15, -0.1) is 0 Å². The number of carbonyl (C=O) groups excluding carboxylic acids is 1. The molecule has 0 aliphatic heterocycles. The second kappa shape index (κ2) is 6.90. The minimum absolute atomic E-state index is 0.290. The van der Waals surface area contributed by atoms with Gasteiger partial charge in [-0.1, -0.05) is 23.3 Å². The SMILES string of the molecule is CC(C)=CCC/C(C)=C/CC(=O)Cl. The summed E-state index contributed by atoms with van der Waals surface area (Å²) in [5.74, 6) is 0. The smallest absolute Gasteiger partial charge is 0.225 e. The average Bonchev–Trinajstić information content (AvgIpc) is 2.00. The van der Waals surface area contributed by atoms with Gasteiger partial charge in [0.1, 0.15) is 0 Å². The lowest BCUT2D eigenvalue weighted by molar-refractivity contribution is -0.110. The van der Waals surface area contributed by atoms with E-state index in [9.17, 15) is 4.79 Å². The van der Waals surface area contributed by atoms with Crippen molar-refractivity contribution in [2.75, 3.05) is 0 Å². The van der Waals surface area contributed by atoms with E-state index in [1.165, 1.54) is 11.1 Å². The largest absolute Gasteiger partial charge is 0.281 e. The highest BCUT2D eigenvalue weighted by Crippen LogP contribution is 2.08. The first-order valence-corrected chi connectivity index (χ1v) is 4.87. The lowest BCUT2D eigenvalue weighted by Crippen LogP contribution is -1.83. The van der Waals surface area contributed by atoms with Gasteiger partial charge < -0.3 is 0 Å². The number of hydrogen-bond donors (Lipinski definition) is 0. The molecule has 0 amide bonds. The molecule has 0 saturated carbocycles. The van der Waals surface area contributed by atoms with Crippen LogP contribution in [0.4, 0.5) is 0 Å². The summed E-state index contributed by atoms with van der Waals surface area (Å²) in [6.45, 7) is 6.20. The van der Waals surface area contributed by atoms with Crippen LogP contribution in [-0.2, 0) is 4.79 Å². The van der Waals surface area contributed by atoms with Gasteiger partial charge in [0, 0.05) is 6.42 Å². The second-order valence-electron chi connectivity index (χ2n) is 3.43. The molecule has 0 spiro atoms. The third-order valence-corrected chi connectivity index (χ3v) is 1.86. The van der Waals surface area contributed by atoms with Crippen molar-refractivity contribution in [3.8, 4) is 0 Å². The van der Waals surface area contributed by atoms with Crippen molar-refractivity contribution >= 4 is 16.8 Å². The predicted octanol–water partition coefficient (Wildman–Crippen LogP) is 3.83. The Bertz CT molecular complexity index is 222. The van der Waals surface area contributed by atoms with Crippen molar-refractivity contribution in [3.63, 3.8) is 0 Å². The van der Waals surface area contributed by atoms with Gasteiger partial charge in [-0.3, -0.25) is 4.79 Å². The summed E-state index contributed by atoms with van der Waals surface area (Å²) in [6, 6.07) is 0. The zero-order valence-electron chi connectivity index (χ0n) is 8.56. The van der Waals surface area contributed by atoms with Crippen molar-refractivity contribution in [3.05, 3.63) is 23.3 Å². The normalized spacial score (nSPS) is 11.2. The summed E-state index contributed by atoms with van der Waals surface area (Å²) in [5, 5.41) is -0.290. The van der Waals surface area contributed by atoms with E-state index in [2.05, 4.69) is 19.9 Å². The maximum atomic E-state index is 10.4. The summed E-state index contributed by atoms with van der Waals surface area (Å²) in [6.07, 6.45) is 6.49.